The van der Waals surface area contributed by atoms with Gasteiger partial charge in [-0.05, 0) is 60.9 Å². The number of phenolic OH excluding ortho intramolecular Hbond substituents is 1. The first-order valence-corrected chi connectivity index (χ1v) is 13.8. The zero-order valence-corrected chi connectivity index (χ0v) is 23.5. The van der Waals surface area contributed by atoms with Gasteiger partial charge in [-0.25, -0.2) is 18.3 Å². The van der Waals surface area contributed by atoms with Crippen molar-refractivity contribution in [2.75, 3.05) is 0 Å². The molecular weight excluding hydrogens is 544 g/mol. The minimum Gasteiger partial charge on any atom is -0.507 e. The van der Waals surface area contributed by atoms with Crippen molar-refractivity contribution in [2.45, 2.75) is 45.4 Å². The summed E-state index contributed by atoms with van der Waals surface area (Å²) in [6.07, 6.45) is 3.32. The summed E-state index contributed by atoms with van der Waals surface area (Å²) in [6.45, 7) is 5.78. The van der Waals surface area contributed by atoms with Gasteiger partial charge in [0.15, 0.2) is 0 Å². The molecule has 0 aliphatic carbocycles. The van der Waals surface area contributed by atoms with Gasteiger partial charge in [0.1, 0.15) is 29.5 Å². The topological polar surface area (TPSA) is 98.8 Å². The van der Waals surface area contributed by atoms with Gasteiger partial charge in [0, 0.05) is 33.6 Å². The third-order valence-corrected chi connectivity index (χ3v) is 8.29. The van der Waals surface area contributed by atoms with E-state index in [0.717, 1.165) is 34.4 Å². The van der Waals surface area contributed by atoms with Crippen LogP contribution >= 0.6 is 11.3 Å². The molecule has 208 valence electrons. The first kappa shape index (κ1) is 28.1. The Hall–Kier alpha value is -4.46. The van der Waals surface area contributed by atoms with Crippen molar-refractivity contribution < 1.29 is 23.6 Å². The van der Waals surface area contributed by atoms with E-state index < -0.39 is 23.2 Å². The van der Waals surface area contributed by atoms with Crippen LogP contribution in [0.4, 0.5) is 8.78 Å². The van der Waals surface area contributed by atoms with Gasteiger partial charge in [0.25, 0.3) is 6.33 Å². The Morgan fingerprint density at radius 3 is 2.46 bits per heavy atom. The second-order valence-corrected chi connectivity index (χ2v) is 11.1. The van der Waals surface area contributed by atoms with Crippen LogP contribution in [0.3, 0.4) is 0 Å². The van der Waals surface area contributed by atoms with E-state index in [4.69, 9.17) is 10.2 Å². The lowest BCUT2D eigenvalue weighted by Crippen LogP contribution is -2.39. The van der Waals surface area contributed by atoms with E-state index in [1.54, 1.807) is 43.8 Å². The standard InChI is InChI=1S/C31H27F2N5O2S/c1-19-10-23(11-20(2)29(19)39)14-37-17-35-38(18-37)16-31(40,26-9-8-25(32)12-27(26)33)21(3)30-36-28(15-41-30)24-6-4-22(13-34)5-7-24/h4-12,15,17-18,21,40H,14,16H2,1-3H3/p+1/t21?,31-/m1/s1. The fraction of sp³-hybridized carbons (Fsp3) is 0.226. The maximum atomic E-state index is 15.2. The van der Waals surface area contributed by atoms with E-state index in [-0.39, 0.29) is 17.9 Å². The lowest BCUT2D eigenvalue weighted by atomic mass is 9.82. The normalized spacial score (nSPS) is 13.5. The highest BCUT2D eigenvalue weighted by atomic mass is 32.1. The molecule has 0 fully saturated rings. The van der Waals surface area contributed by atoms with Gasteiger partial charge in [0.05, 0.1) is 28.9 Å². The number of aromatic hydroxyl groups is 1. The highest BCUT2D eigenvalue weighted by Crippen LogP contribution is 2.41. The number of halogens is 2. The highest BCUT2D eigenvalue weighted by Gasteiger charge is 2.43. The number of aromatic nitrogens is 4. The molecule has 5 rings (SSSR count). The van der Waals surface area contributed by atoms with Crippen LogP contribution in [0.5, 0.6) is 5.75 Å². The molecule has 2 heterocycles. The predicted molar refractivity (Wildman–Crippen MR) is 150 cm³/mol. The summed E-state index contributed by atoms with van der Waals surface area (Å²) in [5, 5.41) is 38.1. The zero-order valence-electron chi connectivity index (χ0n) is 22.7. The molecule has 0 amide bonds. The van der Waals surface area contributed by atoms with Gasteiger partial charge in [-0.1, -0.05) is 25.1 Å². The molecule has 3 aromatic carbocycles. The summed E-state index contributed by atoms with van der Waals surface area (Å²) in [4.78, 5) is 4.72. The van der Waals surface area contributed by atoms with E-state index in [9.17, 15) is 14.6 Å². The van der Waals surface area contributed by atoms with Crippen molar-refractivity contribution in [1.29, 1.82) is 5.26 Å². The Labute approximate surface area is 240 Å². The van der Waals surface area contributed by atoms with Crippen LogP contribution in [-0.2, 0) is 18.7 Å². The van der Waals surface area contributed by atoms with Crippen LogP contribution in [0.25, 0.3) is 11.3 Å². The van der Waals surface area contributed by atoms with Crippen LogP contribution in [0.1, 0.15) is 45.7 Å². The number of phenols is 1. The predicted octanol–water partition coefficient (Wildman–Crippen LogP) is 5.51. The average Bonchev–Trinajstić information content (AvgIpc) is 3.61. The van der Waals surface area contributed by atoms with Gasteiger partial charge in [-0.15, -0.1) is 16.0 Å². The van der Waals surface area contributed by atoms with Crippen molar-refractivity contribution in [1.82, 2.24) is 14.8 Å². The van der Waals surface area contributed by atoms with Crippen molar-refractivity contribution in [2.24, 2.45) is 0 Å². The summed E-state index contributed by atoms with van der Waals surface area (Å²) < 4.78 is 32.3. The number of thiazole rings is 1. The Kier molecular flexibility index (Phi) is 7.67. The number of nitriles is 1. The molecular formula is C31H28F2N5O2S+. The maximum absolute atomic E-state index is 15.2. The zero-order chi connectivity index (χ0) is 29.3. The summed E-state index contributed by atoms with van der Waals surface area (Å²) in [7, 11) is 0. The lowest BCUT2D eigenvalue weighted by Gasteiger charge is -2.32. The summed E-state index contributed by atoms with van der Waals surface area (Å²) in [5.74, 6) is -2.03. The Morgan fingerprint density at radius 1 is 1.10 bits per heavy atom. The average molecular weight is 573 g/mol. The van der Waals surface area contributed by atoms with Gasteiger partial charge >= 0.3 is 0 Å². The molecule has 0 aliphatic rings. The Morgan fingerprint density at radius 2 is 1.80 bits per heavy atom. The minimum atomic E-state index is -1.83. The number of rotatable bonds is 8. The molecule has 10 heteroatoms. The van der Waals surface area contributed by atoms with Crippen molar-refractivity contribution >= 4 is 11.3 Å². The number of hydrogen-bond donors (Lipinski definition) is 2. The second-order valence-electron chi connectivity index (χ2n) is 10.2. The smallest absolute Gasteiger partial charge is 0.265 e. The first-order chi connectivity index (χ1) is 19.6. The molecule has 0 spiro atoms. The molecule has 7 nitrogen and oxygen atoms in total. The minimum absolute atomic E-state index is 0.0617. The summed E-state index contributed by atoms with van der Waals surface area (Å²) >= 11 is 1.33. The fourth-order valence-corrected chi connectivity index (χ4v) is 5.93. The van der Waals surface area contributed by atoms with E-state index in [1.165, 1.54) is 22.1 Å². The van der Waals surface area contributed by atoms with E-state index in [1.807, 2.05) is 35.9 Å². The van der Waals surface area contributed by atoms with Crippen molar-refractivity contribution in [3.05, 3.63) is 117 Å². The maximum Gasteiger partial charge on any atom is 0.265 e. The molecule has 2 N–H and O–H groups in total. The lowest BCUT2D eigenvalue weighted by molar-refractivity contribution is -0.689. The second kappa shape index (κ2) is 11.2. The van der Waals surface area contributed by atoms with Crippen LogP contribution in [0.15, 0.2) is 72.6 Å². The van der Waals surface area contributed by atoms with Crippen LogP contribution in [0.2, 0.25) is 0 Å². The number of benzene rings is 3. The molecule has 41 heavy (non-hydrogen) atoms. The monoisotopic (exact) mass is 572 g/mol. The van der Waals surface area contributed by atoms with Crippen LogP contribution < -0.4 is 4.57 Å². The van der Waals surface area contributed by atoms with E-state index in [2.05, 4.69) is 11.2 Å². The van der Waals surface area contributed by atoms with Crippen LogP contribution in [0, 0.1) is 36.8 Å². The van der Waals surface area contributed by atoms with Gasteiger partial charge in [-0.2, -0.15) is 5.26 Å². The number of aliphatic hydroxyl groups is 1. The summed E-state index contributed by atoms with van der Waals surface area (Å²) in [5.41, 5.74) is 2.63. The highest BCUT2D eigenvalue weighted by molar-refractivity contribution is 7.10. The molecule has 0 saturated carbocycles. The molecule has 2 atom stereocenters. The van der Waals surface area contributed by atoms with Crippen LogP contribution in [-0.4, -0.2) is 25.0 Å². The molecule has 2 aromatic heterocycles. The Balaban J connectivity index is 1.47. The van der Waals surface area contributed by atoms with E-state index in [0.29, 0.717) is 22.8 Å². The van der Waals surface area contributed by atoms with Crippen molar-refractivity contribution in [3.63, 3.8) is 0 Å². The molecule has 0 saturated heterocycles. The quantitative estimate of drug-likeness (QED) is 0.239. The molecule has 0 bridgehead atoms. The number of aryl methyl sites for hydroxylation is 2. The summed E-state index contributed by atoms with van der Waals surface area (Å²) in [6, 6.07) is 16.0. The fourth-order valence-electron chi connectivity index (χ4n) is 4.96. The molecule has 1 unspecified atom stereocenters. The SMILES string of the molecule is Cc1cc(C[n+]2cnn(C[C@](O)(c3ccc(F)cc3F)C(C)c3nc(-c4ccc(C#N)cc4)cs3)c2)cc(C)c1O. The largest absolute Gasteiger partial charge is 0.507 e. The number of nitrogens with zero attached hydrogens (tertiary/aromatic N) is 5. The van der Waals surface area contributed by atoms with Gasteiger partial charge in [0.2, 0.25) is 6.33 Å². The molecule has 0 radical (unpaired) electrons. The Bertz CT molecular complexity index is 1740. The van der Waals surface area contributed by atoms with E-state index >= 15 is 4.39 Å². The molecule has 0 aliphatic heterocycles. The van der Waals surface area contributed by atoms with Gasteiger partial charge in [-0.3, -0.25) is 0 Å². The van der Waals surface area contributed by atoms with Crippen molar-refractivity contribution in [3.8, 4) is 23.1 Å². The first-order valence-electron chi connectivity index (χ1n) is 12.9. The molecule has 5 aromatic rings. The van der Waals surface area contributed by atoms with Gasteiger partial charge < -0.3 is 10.2 Å². The third kappa shape index (κ3) is 5.73. The third-order valence-electron chi connectivity index (χ3n) is 7.26. The number of hydrogen-bond acceptors (Lipinski definition) is 6.